The lowest BCUT2D eigenvalue weighted by Gasteiger charge is -1.90. The molecule has 1 unspecified atom stereocenters. The normalized spacial score (nSPS) is 22.7. The molecule has 1 aromatic rings. The van der Waals surface area contributed by atoms with Crippen LogP contribution in [0.25, 0.3) is 0 Å². The molecule has 0 saturated carbocycles. The van der Waals surface area contributed by atoms with Gasteiger partial charge in [0.05, 0.1) is 19.0 Å². The zero-order valence-electron chi connectivity index (χ0n) is 5.12. The van der Waals surface area contributed by atoms with Crippen LogP contribution in [0.3, 0.4) is 0 Å². The van der Waals surface area contributed by atoms with Crippen molar-refractivity contribution >= 4 is 0 Å². The molecule has 0 aromatic carbocycles. The van der Waals surface area contributed by atoms with E-state index in [9.17, 15) is 4.39 Å². The van der Waals surface area contributed by atoms with Gasteiger partial charge in [-0.1, -0.05) is 0 Å². The van der Waals surface area contributed by atoms with Gasteiger partial charge in [-0.2, -0.15) is 0 Å². The van der Waals surface area contributed by atoms with Gasteiger partial charge in [0.1, 0.15) is 6.10 Å². The van der Waals surface area contributed by atoms with E-state index in [4.69, 9.17) is 4.74 Å². The second kappa shape index (κ2) is 1.98. The highest BCUT2D eigenvalue weighted by Gasteiger charge is 2.27. The van der Waals surface area contributed by atoms with Gasteiger partial charge < -0.3 is 4.74 Å². The molecule has 1 aliphatic rings. The fourth-order valence-electron chi connectivity index (χ4n) is 0.686. The third-order valence-electron chi connectivity index (χ3n) is 1.26. The van der Waals surface area contributed by atoms with E-state index in [1.165, 1.54) is 0 Å². The van der Waals surface area contributed by atoms with Crippen molar-refractivity contribution < 1.29 is 9.13 Å². The first-order valence-corrected chi connectivity index (χ1v) is 2.95. The standard InChI is InChI=1S/C6H5FN2O/c7-4-1-8-6(9-2-4)5-3-10-5/h1-2,5H,3H2. The van der Waals surface area contributed by atoms with Crippen LogP contribution in [-0.4, -0.2) is 16.6 Å². The van der Waals surface area contributed by atoms with E-state index >= 15 is 0 Å². The molecule has 0 bridgehead atoms. The first kappa shape index (κ1) is 5.73. The summed E-state index contributed by atoms with van der Waals surface area (Å²) in [5.41, 5.74) is 0. The van der Waals surface area contributed by atoms with Crippen LogP contribution < -0.4 is 0 Å². The van der Waals surface area contributed by atoms with Crippen LogP contribution in [0, 0.1) is 5.82 Å². The largest absolute Gasteiger partial charge is 0.365 e. The molecule has 0 spiro atoms. The number of hydrogen-bond donors (Lipinski definition) is 0. The Balaban J connectivity index is 2.28. The van der Waals surface area contributed by atoms with E-state index in [-0.39, 0.29) is 6.10 Å². The Morgan fingerprint density at radius 3 is 2.60 bits per heavy atom. The molecular weight excluding hydrogens is 135 g/mol. The summed E-state index contributed by atoms with van der Waals surface area (Å²) in [5.74, 6) is 0.158. The SMILES string of the molecule is Fc1cnc(C2CO2)nc1. The van der Waals surface area contributed by atoms with Gasteiger partial charge >= 0.3 is 0 Å². The van der Waals surface area contributed by atoms with Crippen LogP contribution in [-0.2, 0) is 4.74 Å². The van der Waals surface area contributed by atoms with E-state index in [0.29, 0.717) is 12.4 Å². The number of aromatic nitrogens is 2. The van der Waals surface area contributed by atoms with Gasteiger partial charge in [0.25, 0.3) is 0 Å². The van der Waals surface area contributed by atoms with Crippen molar-refractivity contribution in [2.45, 2.75) is 6.10 Å². The molecule has 10 heavy (non-hydrogen) atoms. The van der Waals surface area contributed by atoms with Crippen LogP contribution in [0.2, 0.25) is 0 Å². The lowest BCUT2D eigenvalue weighted by atomic mass is 10.4. The number of halogens is 1. The molecule has 2 rings (SSSR count). The molecular formula is C6H5FN2O. The minimum Gasteiger partial charge on any atom is -0.365 e. The predicted molar refractivity (Wildman–Crippen MR) is 30.7 cm³/mol. The Labute approximate surface area is 56.9 Å². The maximum absolute atomic E-state index is 12.2. The van der Waals surface area contributed by atoms with Crippen molar-refractivity contribution in [3.8, 4) is 0 Å². The molecule has 1 fully saturated rings. The minimum atomic E-state index is -0.413. The molecule has 2 heterocycles. The van der Waals surface area contributed by atoms with E-state index in [0.717, 1.165) is 12.4 Å². The van der Waals surface area contributed by atoms with Gasteiger partial charge in [-0.05, 0) is 0 Å². The summed E-state index contributed by atoms with van der Waals surface area (Å²) in [5, 5.41) is 0. The Bertz CT molecular complexity index is 232. The first-order valence-electron chi connectivity index (χ1n) is 2.95. The summed E-state index contributed by atoms with van der Waals surface area (Å²) in [4.78, 5) is 7.46. The number of epoxide rings is 1. The van der Waals surface area contributed by atoms with Crippen molar-refractivity contribution in [1.29, 1.82) is 0 Å². The number of ether oxygens (including phenoxy) is 1. The lowest BCUT2D eigenvalue weighted by molar-refractivity contribution is 0.405. The van der Waals surface area contributed by atoms with Gasteiger partial charge in [0, 0.05) is 0 Å². The van der Waals surface area contributed by atoms with Crippen LogP contribution in [0.15, 0.2) is 12.4 Å². The number of hydrogen-bond acceptors (Lipinski definition) is 3. The first-order chi connectivity index (χ1) is 4.86. The van der Waals surface area contributed by atoms with Gasteiger partial charge in [-0.25, -0.2) is 14.4 Å². The van der Waals surface area contributed by atoms with Crippen molar-refractivity contribution in [2.24, 2.45) is 0 Å². The summed E-state index contributed by atoms with van der Waals surface area (Å²) in [7, 11) is 0. The van der Waals surface area contributed by atoms with Crippen molar-refractivity contribution in [3.63, 3.8) is 0 Å². The maximum Gasteiger partial charge on any atom is 0.159 e. The number of rotatable bonds is 1. The van der Waals surface area contributed by atoms with Crippen LogP contribution >= 0.6 is 0 Å². The van der Waals surface area contributed by atoms with Crippen LogP contribution in [0.5, 0.6) is 0 Å². The van der Waals surface area contributed by atoms with Crippen molar-refractivity contribution in [1.82, 2.24) is 9.97 Å². The molecule has 1 saturated heterocycles. The van der Waals surface area contributed by atoms with Crippen molar-refractivity contribution in [3.05, 3.63) is 24.0 Å². The maximum atomic E-state index is 12.2. The highest BCUT2D eigenvalue weighted by Crippen LogP contribution is 2.25. The zero-order valence-corrected chi connectivity index (χ0v) is 5.12. The van der Waals surface area contributed by atoms with Gasteiger partial charge in [-0.15, -0.1) is 0 Å². The topological polar surface area (TPSA) is 38.3 Å². The van der Waals surface area contributed by atoms with Gasteiger partial charge in [0.15, 0.2) is 11.6 Å². The molecule has 1 aromatic heterocycles. The van der Waals surface area contributed by atoms with Gasteiger partial charge in [0.2, 0.25) is 0 Å². The predicted octanol–water partition coefficient (Wildman–Crippen LogP) is 0.687. The van der Waals surface area contributed by atoms with E-state index in [1.807, 2.05) is 0 Å². The fourth-order valence-corrected chi connectivity index (χ4v) is 0.686. The Hall–Kier alpha value is -1.03. The summed E-state index contributed by atoms with van der Waals surface area (Å²) >= 11 is 0. The third-order valence-corrected chi connectivity index (χ3v) is 1.26. The number of nitrogens with zero attached hydrogens (tertiary/aromatic N) is 2. The Morgan fingerprint density at radius 2 is 2.10 bits per heavy atom. The van der Waals surface area contributed by atoms with E-state index in [2.05, 4.69) is 9.97 Å². The van der Waals surface area contributed by atoms with Crippen LogP contribution in [0.4, 0.5) is 4.39 Å². The van der Waals surface area contributed by atoms with Crippen LogP contribution in [0.1, 0.15) is 11.9 Å². The average molecular weight is 140 g/mol. The molecule has 3 nitrogen and oxygen atoms in total. The monoisotopic (exact) mass is 140 g/mol. The highest BCUT2D eigenvalue weighted by molar-refractivity contribution is 4.98. The molecule has 1 aliphatic heterocycles. The lowest BCUT2D eigenvalue weighted by Crippen LogP contribution is -1.92. The molecule has 0 amide bonds. The second-order valence-electron chi connectivity index (χ2n) is 2.08. The molecule has 4 heteroatoms. The van der Waals surface area contributed by atoms with E-state index < -0.39 is 5.82 Å². The summed E-state index contributed by atoms with van der Waals surface area (Å²) in [6.07, 6.45) is 2.30. The fraction of sp³-hybridized carbons (Fsp3) is 0.333. The summed E-state index contributed by atoms with van der Waals surface area (Å²) < 4.78 is 17.1. The Morgan fingerprint density at radius 1 is 1.50 bits per heavy atom. The minimum absolute atomic E-state index is 0.0144. The molecule has 52 valence electrons. The molecule has 1 atom stereocenters. The highest BCUT2D eigenvalue weighted by atomic mass is 19.1. The second-order valence-corrected chi connectivity index (χ2v) is 2.08. The average Bonchev–Trinajstić information content (AvgIpc) is 2.71. The zero-order chi connectivity index (χ0) is 6.97. The molecule has 0 N–H and O–H groups in total. The summed E-state index contributed by atoms with van der Waals surface area (Å²) in [6, 6.07) is 0. The molecule has 0 aliphatic carbocycles. The third kappa shape index (κ3) is 0.974. The smallest absolute Gasteiger partial charge is 0.159 e. The summed E-state index contributed by atoms with van der Waals surface area (Å²) in [6.45, 7) is 0.658. The van der Waals surface area contributed by atoms with Crippen molar-refractivity contribution in [2.75, 3.05) is 6.61 Å². The van der Waals surface area contributed by atoms with Gasteiger partial charge in [-0.3, -0.25) is 0 Å². The van der Waals surface area contributed by atoms with E-state index in [1.54, 1.807) is 0 Å². The Kier molecular flexibility index (Phi) is 1.14. The quantitative estimate of drug-likeness (QED) is 0.538. The molecule has 0 radical (unpaired) electrons.